The number of aryl methyl sites for hydroxylation is 1. The fourth-order valence-electron chi connectivity index (χ4n) is 3.73. The van der Waals surface area contributed by atoms with Gasteiger partial charge in [-0.1, -0.05) is 0 Å². The number of likely N-dealkylation sites (tertiary alicyclic amines) is 1. The van der Waals surface area contributed by atoms with Crippen molar-refractivity contribution >= 4 is 17.7 Å². The minimum atomic E-state index is -0.443. The van der Waals surface area contributed by atoms with E-state index in [9.17, 15) is 9.59 Å². The van der Waals surface area contributed by atoms with Crippen molar-refractivity contribution in [3.63, 3.8) is 0 Å². The van der Waals surface area contributed by atoms with Crippen LogP contribution in [0.3, 0.4) is 0 Å². The van der Waals surface area contributed by atoms with E-state index in [0.717, 1.165) is 44.6 Å². The van der Waals surface area contributed by atoms with Crippen LogP contribution in [0.1, 0.15) is 52.4 Å². The molecule has 9 nitrogen and oxygen atoms in total. The van der Waals surface area contributed by atoms with Gasteiger partial charge in [-0.25, -0.2) is 9.78 Å². The van der Waals surface area contributed by atoms with Crippen LogP contribution in [0.5, 0.6) is 0 Å². The Morgan fingerprint density at radius 3 is 2.61 bits per heavy atom. The number of rotatable bonds is 3. The van der Waals surface area contributed by atoms with Crippen LogP contribution in [0.15, 0.2) is 18.5 Å². The average molecular weight is 384 g/mol. The zero-order valence-corrected chi connectivity index (χ0v) is 16.0. The Balaban J connectivity index is 1.54. The second-order valence-electron chi connectivity index (χ2n) is 7.13. The summed E-state index contributed by atoms with van der Waals surface area (Å²) < 4.78 is 6.60. The zero-order chi connectivity index (χ0) is 19.5. The molecule has 148 valence electrons. The van der Waals surface area contributed by atoms with E-state index in [1.54, 1.807) is 12.3 Å². The van der Waals surface area contributed by atoms with E-state index < -0.39 is 5.97 Å². The Morgan fingerprint density at radius 2 is 1.82 bits per heavy atom. The molecular formula is C19H24N6O3. The van der Waals surface area contributed by atoms with Crippen LogP contribution in [0.2, 0.25) is 0 Å². The quantitative estimate of drug-likeness (QED) is 0.740. The average Bonchev–Trinajstić information content (AvgIpc) is 3.04. The number of fused-ring (bicyclic) bond motifs is 1. The summed E-state index contributed by atoms with van der Waals surface area (Å²) in [5, 5.41) is 4.34. The number of amides is 1. The smallest absolute Gasteiger partial charge is 0.358 e. The van der Waals surface area contributed by atoms with Crippen molar-refractivity contribution in [2.24, 2.45) is 0 Å². The number of nitrogens with zero attached hydrogens (tertiary/aromatic N) is 6. The first-order chi connectivity index (χ1) is 13.7. The number of carbonyl (C=O) groups is 2. The van der Waals surface area contributed by atoms with Gasteiger partial charge in [0, 0.05) is 26.2 Å². The normalized spacial score (nSPS) is 17.0. The molecule has 2 aromatic rings. The molecule has 0 N–H and O–H groups in total. The van der Waals surface area contributed by atoms with Crippen molar-refractivity contribution in [2.75, 3.05) is 31.6 Å². The number of anilines is 1. The first-order valence-electron chi connectivity index (χ1n) is 9.67. The Kier molecular flexibility index (Phi) is 5.23. The number of ether oxygens (including phenoxy) is 1. The van der Waals surface area contributed by atoms with Crippen LogP contribution in [-0.2, 0) is 17.8 Å². The molecule has 1 amide bonds. The van der Waals surface area contributed by atoms with Crippen molar-refractivity contribution in [3.05, 3.63) is 35.5 Å². The summed E-state index contributed by atoms with van der Waals surface area (Å²) in [5.74, 6) is 0.167. The molecular weight excluding hydrogens is 360 g/mol. The zero-order valence-electron chi connectivity index (χ0n) is 16.0. The summed E-state index contributed by atoms with van der Waals surface area (Å²) in [6, 6.07) is 1.75. The van der Waals surface area contributed by atoms with Crippen LogP contribution in [0.4, 0.5) is 5.82 Å². The first-order valence-corrected chi connectivity index (χ1v) is 9.67. The van der Waals surface area contributed by atoms with Crippen LogP contribution in [0, 0.1) is 0 Å². The summed E-state index contributed by atoms with van der Waals surface area (Å²) in [7, 11) is 1.35. The van der Waals surface area contributed by atoms with Gasteiger partial charge in [-0.15, -0.1) is 0 Å². The van der Waals surface area contributed by atoms with E-state index >= 15 is 0 Å². The maximum atomic E-state index is 12.8. The van der Waals surface area contributed by atoms with Gasteiger partial charge >= 0.3 is 5.97 Å². The molecule has 0 aromatic carbocycles. The van der Waals surface area contributed by atoms with Gasteiger partial charge in [0.2, 0.25) is 0 Å². The van der Waals surface area contributed by atoms with Crippen LogP contribution >= 0.6 is 0 Å². The van der Waals surface area contributed by atoms with Crippen molar-refractivity contribution in [3.8, 4) is 0 Å². The van der Waals surface area contributed by atoms with Crippen molar-refractivity contribution in [1.82, 2.24) is 24.6 Å². The van der Waals surface area contributed by atoms with Gasteiger partial charge in [0.15, 0.2) is 5.69 Å². The predicted octanol–water partition coefficient (Wildman–Crippen LogP) is 1.50. The summed E-state index contributed by atoms with van der Waals surface area (Å²) in [4.78, 5) is 37.3. The van der Waals surface area contributed by atoms with Gasteiger partial charge < -0.3 is 14.5 Å². The number of methoxy groups -OCH3 is 1. The third-order valence-electron chi connectivity index (χ3n) is 5.22. The fraction of sp³-hybridized carbons (Fsp3) is 0.526. The van der Waals surface area contributed by atoms with Crippen LogP contribution < -0.4 is 4.90 Å². The minimum absolute atomic E-state index is 0.0538. The number of carbonyl (C=O) groups excluding carboxylic acids is 2. The van der Waals surface area contributed by atoms with Crippen molar-refractivity contribution in [2.45, 2.75) is 38.8 Å². The second-order valence-corrected chi connectivity index (χ2v) is 7.13. The third kappa shape index (κ3) is 3.69. The van der Waals surface area contributed by atoms with Crippen LogP contribution in [0.25, 0.3) is 0 Å². The van der Waals surface area contributed by atoms with Crippen molar-refractivity contribution in [1.29, 1.82) is 0 Å². The maximum Gasteiger partial charge on any atom is 0.358 e. The molecule has 1 fully saturated rings. The Bertz CT molecular complexity index is 874. The van der Waals surface area contributed by atoms with Gasteiger partial charge in [0.25, 0.3) is 5.91 Å². The highest BCUT2D eigenvalue weighted by molar-refractivity contribution is 5.92. The predicted molar refractivity (Wildman–Crippen MR) is 101 cm³/mol. The molecule has 0 saturated carbocycles. The lowest BCUT2D eigenvalue weighted by Gasteiger charge is -2.27. The lowest BCUT2D eigenvalue weighted by molar-refractivity contribution is 0.0592. The Morgan fingerprint density at radius 1 is 1.00 bits per heavy atom. The largest absolute Gasteiger partial charge is 0.464 e. The van der Waals surface area contributed by atoms with E-state index in [0.29, 0.717) is 30.3 Å². The lowest BCUT2D eigenvalue weighted by atomic mass is 10.1. The highest BCUT2D eigenvalue weighted by Gasteiger charge is 2.23. The van der Waals surface area contributed by atoms with E-state index in [4.69, 9.17) is 4.74 Å². The van der Waals surface area contributed by atoms with E-state index in [2.05, 4.69) is 20.0 Å². The molecule has 0 radical (unpaired) electrons. The number of hydrogen-bond donors (Lipinski definition) is 0. The molecule has 2 aliphatic heterocycles. The number of piperidine rings is 1. The molecule has 4 heterocycles. The number of aromatic nitrogens is 4. The molecule has 0 unspecified atom stereocenters. The molecule has 4 rings (SSSR count). The van der Waals surface area contributed by atoms with Crippen LogP contribution in [-0.4, -0.2) is 63.3 Å². The summed E-state index contributed by atoms with van der Waals surface area (Å²) in [5.41, 5.74) is 1.60. The highest BCUT2D eigenvalue weighted by atomic mass is 16.5. The second kappa shape index (κ2) is 7.95. The van der Waals surface area contributed by atoms with Gasteiger partial charge in [0.1, 0.15) is 11.5 Å². The fourth-order valence-corrected chi connectivity index (χ4v) is 3.73. The van der Waals surface area contributed by atoms with Gasteiger partial charge in [0.05, 0.1) is 31.7 Å². The molecule has 2 aromatic heterocycles. The minimum Gasteiger partial charge on any atom is -0.464 e. The summed E-state index contributed by atoms with van der Waals surface area (Å²) >= 11 is 0. The molecule has 0 atom stereocenters. The summed E-state index contributed by atoms with van der Waals surface area (Å²) in [6.07, 6.45) is 7.32. The third-order valence-corrected chi connectivity index (χ3v) is 5.22. The van der Waals surface area contributed by atoms with Crippen molar-refractivity contribution < 1.29 is 14.3 Å². The Labute approximate surface area is 163 Å². The van der Waals surface area contributed by atoms with Gasteiger partial charge in [-0.05, 0) is 31.7 Å². The molecule has 28 heavy (non-hydrogen) atoms. The molecule has 1 saturated heterocycles. The van der Waals surface area contributed by atoms with E-state index in [1.165, 1.54) is 19.7 Å². The molecule has 2 aliphatic rings. The highest BCUT2D eigenvalue weighted by Crippen LogP contribution is 2.20. The molecule has 0 bridgehead atoms. The SMILES string of the molecule is COC(=O)c1cc2n(n1)CCCN(c1cncc(C(=O)N3CCCCC3)n1)C2. The lowest BCUT2D eigenvalue weighted by Crippen LogP contribution is -2.36. The monoisotopic (exact) mass is 384 g/mol. The molecule has 0 aliphatic carbocycles. The molecule has 9 heteroatoms. The standard InChI is InChI=1S/C19H24N6O3/c1-28-19(27)15-10-14-13-24(8-5-9-25(14)22-15)17-12-20-11-16(21-17)18(26)23-6-3-2-4-7-23/h10-12H,2-9,13H2,1H3. The summed E-state index contributed by atoms with van der Waals surface area (Å²) in [6.45, 7) is 3.59. The first kappa shape index (κ1) is 18.4. The number of hydrogen-bond acceptors (Lipinski definition) is 7. The van der Waals surface area contributed by atoms with E-state index in [-0.39, 0.29) is 5.91 Å². The van der Waals surface area contributed by atoms with Gasteiger partial charge in [-0.2, -0.15) is 5.10 Å². The molecule has 0 spiro atoms. The topological polar surface area (TPSA) is 93.5 Å². The number of esters is 1. The van der Waals surface area contributed by atoms with Gasteiger partial charge in [-0.3, -0.25) is 14.5 Å². The Hall–Kier alpha value is -2.97. The van der Waals surface area contributed by atoms with E-state index in [1.807, 2.05) is 9.58 Å². The maximum absolute atomic E-state index is 12.8.